The van der Waals surface area contributed by atoms with Crippen LogP contribution in [0, 0.1) is 5.92 Å². The third-order valence-corrected chi connectivity index (χ3v) is 2.60. The number of likely N-dealkylation sites (tertiary alicyclic amines) is 1. The second kappa shape index (κ2) is 5.66. The summed E-state index contributed by atoms with van der Waals surface area (Å²) in [7, 11) is 1.60. The van der Waals surface area contributed by atoms with Crippen LogP contribution >= 0.6 is 0 Å². The molecule has 0 radical (unpaired) electrons. The van der Waals surface area contributed by atoms with E-state index in [0.717, 1.165) is 19.5 Å². The second-order valence-electron chi connectivity index (χ2n) is 4.43. The van der Waals surface area contributed by atoms with Gasteiger partial charge < -0.3 is 15.6 Å². The standard InChI is InChI=1S/C10H22N2O2/c1-8-3-9(11)5-12(4-8)6-10(13)7-14-2/h8-10,13H,3-7,11H2,1-2H3. The molecule has 1 rings (SSSR count). The number of hydrogen-bond acceptors (Lipinski definition) is 4. The first kappa shape index (κ1) is 11.9. The van der Waals surface area contributed by atoms with Crippen molar-refractivity contribution in [3.8, 4) is 0 Å². The van der Waals surface area contributed by atoms with Crippen LogP contribution in [0.1, 0.15) is 13.3 Å². The summed E-state index contributed by atoms with van der Waals surface area (Å²) in [5, 5.41) is 9.57. The fourth-order valence-corrected chi connectivity index (χ4v) is 2.21. The summed E-state index contributed by atoms with van der Waals surface area (Å²) in [6.45, 7) is 5.21. The lowest BCUT2D eigenvalue weighted by atomic mass is 9.96. The van der Waals surface area contributed by atoms with E-state index in [2.05, 4.69) is 11.8 Å². The minimum atomic E-state index is -0.391. The smallest absolute Gasteiger partial charge is 0.0900 e. The topological polar surface area (TPSA) is 58.7 Å². The molecule has 1 heterocycles. The van der Waals surface area contributed by atoms with Gasteiger partial charge in [0.1, 0.15) is 0 Å². The van der Waals surface area contributed by atoms with Gasteiger partial charge in [0.2, 0.25) is 0 Å². The average molecular weight is 202 g/mol. The lowest BCUT2D eigenvalue weighted by Gasteiger charge is -2.35. The Hall–Kier alpha value is -0.160. The normalized spacial score (nSPS) is 31.7. The van der Waals surface area contributed by atoms with Gasteiger partial charge in [0.15, 0.2) is 0 Å². The van der Waals surface area contributed by atoms with Crippen molar-refractivity contribution >= 4 is 0 Å². The zero-order valence-electron chi connectivity index (χ0n) is 9.15. The van der Waals surface area contributed by atoms with E-state index in [1.54, 1.807) is 7.11 Å². The number of rotatable bonds is 4. The molecule has 4 nitrogen and oxygen atoms in total. The predicted octanol–water partition coefficient (Wildman–Crippen LogP) is -0.337. The van der Waals surface area contributed by atoms with E-state index in [-0.39, 0.29) is 6.04 Å². The van der Waals surface area contributed by atoms with Crippen molar-refractivity contribution in [2.75, 3.05) is 33.4 Å². The van der Waals surface area contributed by atoms with E-state index >= 15 is 0 Å². The van der Waals surface area contributed by atoms with Gasteiger partial charge in [-0.2, -0.15) is 0 Å². The van der Waals surface area contributed by atoms with Gasteiger partial charge in [-0.25, -0.2) is 0 Å². The first-order chi connectivity index (χ1) is 6.61. The Kier molecular flexibility index (Phi) is 4.81. The lowest BCUT2D eigenvalue weighted by molar-refractivity contribution is 0.0257. The van der Waals surface area contributed by atoms with Crippen LogP contribution < -0.4 is 5.73 Å². The van der Waals surface area contributed by atoms with Crippen LogP contribution in [0.4, 0.5) is 0 Å². The molecule has 3 N–H and O–H groups in total. The molecule has 3 atom stereocenters. The Morgan fingerprint density at radius 3 is 2.86 bits per heavy atom. The molecule has 1 saturated heterocycles. The molecule has 0 bridgehead atoms. The van der Waals surface area contributed by atoms with E-state index in [4.69, 9.17) is 10.5 Å². The first-order valence-electron chi connectivity index (χ1n) is 5.26. The summed E-state index contributed by atoms with van der Waals surface area (Å²) in [5.74, 6) is 0.633. The van der Waals surface area contributed by atoms with Crippen molar-refractivity contribution in [1.29, 1.82) is 0 Å². The van der Waals surface area contributed by atoms with Crippen molar-refractivity contribution in [1.82, 2.24) is 4.90 Å². The Morgan fingerprint density at radius 2 is 2.29 bits per heavy atom. The van der Waals surface area contributed by atoms with Crippen LogP contribution in [0.5, 0.6) is 0 Å². The predicted molar refractivity (Wildman–Crippen MR) is 56.1 cm³/mol. The molecule has 0 aromatic rings. The summed E-state index contributed by atoms with van der Waals surface area (Å²) >= 11 is 0. The van der Waals surface area contributed by atoms with Crippen molar-refractivity contribution in [3.63, 3.8) is 0 Å². The SMILES string of the molecule is COCC(O)CN1CC(C)CC(N)C1. The van der Waals surface area contributed by atoms with Gasteiger partial charge in [0.25, 0.3) is 0 Å². The van der Waals surface area contributed by atoms with Crippen molar-refractivity contribution in [3.05, 3.63) is 0 Å². The van der Waals surface area contributed by atoms with E-state index in [9.17, 15) is 5.11 Å². The van der Waals surface area contributed by atoms with E-state index in [1.165, 1.54) is 0 Å². The quantitative estimate of drug-likeness (QED) is 0.655. The third-order valence-electron chi connectivity index (χ3n) is 2.60. The number of aliphatic hydroxyl groups is 1. The van der Waals surface area contributed by atoms with Crippen LogP contribution in [0.15, 0.2) is 0 Å². The molecule has 3 unspecified atom stereocenters. The van der Waals surface area contributed by atoms with Gasteiger partial charge in [-0.1, -0.05) is 6.92 Å². The number of methoxy groups -OCH3 is 1. The summed E-state index contributed by atoms with van der Waals surface area (Å²) in [6, 6.07) is 0.258. The monoisotopic (exact) mass is 202 g/mol. The fraction of sp³-hybridized carbons (Fsp3) is 1.00. The lowest BCUT2D eigenvalue weighted by Crippen LogP contribution is -2.49. The molecule has 0 aromatic carbocycles. The zero-order chi connectivity index (χ0) is 10.6. The summed E-state index contributed by atoms with van der Waals surface area (Å²) in [6.07, 6.45) is 0.703. The van der Waals surface area contributed by atoms with Crippen LogP contribution in [0.25, 0.3) is 0 Å². The second-order valence-corrected chi connectivity index (χ2v) is 4.43. The summed E-state index contributed by atoms with van der Waals surface area (Å²) in [5.41, 5.74) is 5.91. The zero-order valence-corrected chi connectivity index (χ0v) is 9.15. The van der Waals surface area contributed by atoms with Crippen LogP contribution in [0.3, 0.4) is 0 Å². The number of β-amino-alcohol motifs (C(OH)–C–C–N with tert-alkyl or cyclic N) is 1. The molecule has 4 heteroatoms. The number of nitrogens with zero attached hydrogens (tertiary/aromatic N) is 1. The number of piperidine rings is 1. The van der Waals surface area contributed by atoms with Crippen LogP contribution in [-0.4, -0.2) is 55.5 Å². The first-order valence-corrected chi connectivity index (χ1v) is 5.26. The maximum atomic E-state index is 9.57. The molecule has 0 spiro atoms. The number of ether oxygens (including phenoxy) is 1. The average Bonchev–Trinajstić information content (AvgIpc) is 2.01. The Morgan fingerprint density at radius 1 is 1.57 bits per heavy atom. The van der Waals surface area contributed by atoms with Crippen molar-refractivity contribution < 1.29 is 9.84 Å². The highest BCUT2D eigenvalue weighted by Crippen LogP contribution is 2.14. The third kappa shape index (κ3) is 3.92. The molecule has 14 heavy (non-hydrogen) atoms. The Labute approximate surface area is 86.0 Å². The molecular weight excluding hydrogens is 180 g/mol. The molecule has 0 saturated carbocycles. The van der Waals surface area contributed by atoms with Gasteiger partial charge in [-0.05, 0) is 12.3 Å². The summed E-state index contributed by atoms with van der Waals surface area (Å²) in [4.78, 5) is 2.22. The molecule has 1 aliphatic heterocycles. The van der Waals surface area contributed by atoms with Gasteiger partial charge in [0, 0.05) is 32.8 Å². The summed E-state index contributed by atoms with van der Waals surface area (Å²) < 4.78 is 4.89. The Balaban J connectivity index is 2.29. The number of nitrogens with two attached hydrogens (primary N) is 1. The number of aliphatic hydroxyl groups excluding tert-OH is 1. The van der Waals surface area contributed by atoms with Gasteiger partial charge in [-0.3, -0.25) is 4.90 Å². The van der Waals surface area contributed by atoms with E-state index in [0.29, 0.717) is 19.1 Å². The largest absolute Gasteiger partial charge is 0.389 e. The number of hydrogen-bond donors (Lipinski definition) is 2. The molecule has 0 amide bonds. The fourth-order valence-electron chi connectivity index (χ4n) is 2.21. The maximum Gasteiger partial charge on any atom is 0.0900 e. The molecule has 1 fully saturated rings. The molecule has 1 aliphatic rings. The molecule has 0 aliphatic carbocycles. The molecular formula is C10H22N2O2. The molecule has 84 valence electrons. The van der Waals surface area contributed by atoms with Gasteiger partial charge in [0.05, 0.1) is 12.7 Å². The van der Waals surface area contributed by atoms with Gasteiger partial charge in [-0.15, -0.1) is 0 Å². The highest BCUT2D eigenvalue weighted by Gasteiger charge is 2.23. The van der Waals surface area contributed by atoms with Gasteiger partial charge >= 0.3 is 0 Å². The highest BCUT2D eigenvalue weighted by atomic mass is 16.5. The van der Waals surface area contributed by atoms with Crippen molar-refractivity contribution in [2.24, 2.45) is 11.7 Å². The minimum Gasteiger partial charge on any atom is -0.389 e. The minimum absolute atomic E-state index is 0.258. The maximum absolute atomic E-state index is 9.57. The van der Waals surface area contributed by atoms with Crippen LogP contribution in [-0.2, 0) is 4.74 Å². The molecule has 0 aromatic heterocycles. The van der Waals surface area contributed by atoms with Crippen LogP contribution in [0.2, 0.25) is 0 Å². The van der Waals surface area contributed by atoms with E-state index in [1.807, 2.05) is 0 Å². The van der Waals surface area contributed by atoms with Crippen molar-refractivity contribution in [2.45, 2.75) is 25.5 Å². The van der Waals surface area contributed by atoms with E-state index < -0.39 is 6.10 Å². The highest BCUT2D eigenvalue weighted by molar-refractivity contribution is 4.80. The Bertz CT molecular complexity index is 156.